The number of rotatable bonds is 4. The van der Waals surface area contributed by atoms with Gasteiger partial charge in [0, 0.05) is 17.7 Å². The predicted molar refractivity (Wildman–Crippen MR) is 89.2 cm³/mol. The van der Waals surface area contributed by atoms with Crippen LogP contribution in [0.1, 0.15) is 24.5 Å². The number of hydrogen-bond acceptors (Lipinski definition) is 6. The maximum absolute atomic E-state index is 4.48. The molecule has 3 aliphatic rings. The zero-order chi connectivity index (χ0) is 15.9. The monoisotopic (exact) mass is 321 g/mol. The Labute approximate surface area is 138 Å². The lowest BCUT2D eigenvalue weighted by Crippen LogP contribution is -3.10. The molecule has 5 rings (SSSR count). The highest BCUT2D eigenvalue weighted by Gasteiger charge is 2.32. The smallest absolute Gasteiger partial charge is 0.232 e. The van der Waals surface area contributed by atoms with Gasteiger partial charge in [0.1, 0.15) is 19.1 Å². The van der Waals surface area contributed by atoms with Gasteiger partial charge in [-0.15, -0.1) is 0 Å². The molecule has 2 aromatic heterocycles. The van der Waals surface area contributed by atoms with Crippen molar-refractivity contribution in [1.29, 1.82) is 0 Å². The molecule has 2 aromatic rings. The first-order chi connectivity index (χ1) is 11.9. The molecular weight excluding hydrogens is 304 g/mol. The molecule has 0 spiro atoms. The number of amidine groups is 1. The first-order valence-corrected chi connectivity index (χ1v) is 8.03. The quantitative estimate of drug-likeness (QED) is 0.767. The number of hydrogen-bond donors (Lipinski definition) is 3. The van der Waals surface area contributed by atoms with E-state index in [0.29, 0.717) is 12.5 Å². The molecule has 1 saturated carbocycles. The molecule has 0 aromatic carbocycles. The molecule has 4 heterocycles. The second-order valence-corrected chi connectivity index (χ2v) is 6.18. The minimum Gasteiger partial charge on any atom is -0.327 e. The average Bonchev–Trinajstić information content (AvgIpc) is 3.17. The largest absolute Gasteiger partial charge is 0.327 e. The van der Waals surface area contributed by atoms with Crippen LogP contribution in [0.3, 0.4) is 0 Å². The highest BCUT2D eigenvalue weighted by atomic mass is 15.4. The van der Waals surface area contributed by atoms with E-state index in [0.717, 1.165) is 28.1 Å². The molecular formula is C16H17N8+. The van der Waals surface area contributed by atoms with Crippen LogP contribution in [0.2, 0.25) is 0 Å². The first-order valence-electron chi connectivity index (χ1n) is 8.03. The Kier molecular flexibility index (Phi) is 2.95. The maximum Gasteiger partial charge on any atom is 0.232 e. The second-order valence-electron chi connectivity index (χ2n) is 6.18. The van der Waals surface area contributed by atoms with Crippen LogP contribution in [0.4, 0.5) is 11.5 Å². The maximum atomic E-state index is 4.48. The van der Waals surface area contributed by atoms with Gasteiger partial charge in [-0.05, 0) is 12.8 Å². The van der Waals surface area contributed by atoms with Crippen LogP contribution in [0.15, 0.2) is 54.2 Å². The molecule has 0 amide bonds. The summed E-state index contributed by atoms with van der Waals surface area (Å²) >= 11 is 0. The molecule has 24 heavy (non-hydrogen) atoms. The SMILES string of the molecule is C1=C[NH+]2C(Nc3cc(C4CC4)[nH]n3)=CN(c3cncnc3)CC2=N1. The van der Waals surface area contributed by atoms with E-state index >= 15 is 0 Å². The number of aromatic amines is 1. The zero-order valence-electron chi connectivity index (χ0n) is 13.0. The summed E-state index contributed by atoms with van der Waals surface area (Å²) in [6.45, 7) is 0.703. The van der Waals surface area contributed by atoms with Crippen LogP contribution < -0.4 is 15.1 Å². The van der Waals surface area contributed by atoms with Crippen molar-refractivity contribution in [2.75, 3.05) is 16.8 Å². The van der Waals surface area contributed by atoms with E-state index in [1.54, 1.807) is 12.4 Å². The number of aromatic nitrogens is 4. The number of H-pyrrole nitrogens is 1. The van der Waals surface area contributed by atoms with Crippen LogP contribution in [-0.2, 0) is 0 Å². The Morgan fingerprint density at radius 2 is 2.12 bits per heavy atom. The minimum atomic E-state index is 0.655. The van der Waals surface area contributed by atoms with Crippen LogP contribution >= 0.6 is 0 Å². The van der Waals surface area contributed by atoms with Gasteiger partial charge in [0.25, 0.3) is 0 Å². The second kappa shape index (κ2) is 5.27. The van der Waals surface area contributed by atoms with Crippen molar-refractivity contribution >= 4 is 17.3 Å². The van der Waals surface area contributed by atoms with Gasteiger partial charge in [0.05, 0.1) is 30.5 Å². The number of fused-ring (bicyclic) bond motifs is 1. The Morgan fingerprint density at radius 3 is 2.96 bits per heavy atom. The van der Waals surface area contributed by atoms with Crippen molar-refractivity contribution in [2.45, 2.75) is 18.8 Å². The molecule has 1 unspecified atom stereocenters. The van der Waals surface area contributed by atoms with E-state index in [9.17, 15) is 0 Å². The fraction of sp³-hybridized carbons (Fsp3) is 0.250. The third kappa shape index (κ3) is 2.37. The Bertz CT molecular complexity index is 846. The summed E-state index contributed by atoms with van der Waals surface area (Å²) in [6, 6.07) is 2.10. The van der Waals surface area contributed by atoms with Gasteiger partial charge in [-0.2, -0.15) is 5.10 Å². The summed E-state index contributed by atoms with van der Waals surface area (Å²) in [5, 5.41) is 10.9. The highest BCUT2D eigenvalue weighted by molar-refractivity contribution is 5.84. The van der Waals surface area contributed by atoms with Gasteiger partial charge in [-0.1, -0.05) is 0 Å². The van der Waals surface area contributed by atoms with E-state index in [-0.39, 0.29) is 0 Å². The van der Waals surface area contributed by atoms with E-state index in [1.807, 2.05) is 12.4 Å². The van der Waals surface area contributed by atoms with Crippen LogP contribution in [0.5, 0.6) is 0 Å². The molecule has 120 valence electrons. The topological polar surface area (TPSA) is 86.5 Å². The van der Waals surface area contributed by atoms with Gasteiger partial charge in [-0.3, -0.25) is 10.4 Å². The van der Waals surface area contributed by atoms with Gasteiger partial charge in [0.2, 0.25) is 11.7 Å². The lowest BCUT2D eigenvalue weighted by molar-refractivity contribution is -0.698. The average molecular weight is 321 g/mol. The predicted octanol–water partition coefficient (Wildman–Crippen LogP) is 0.576. The third-order valence-corrected chi connectivity index (χ3v) is 4.43. The van der Waals surface area contributed by atoms with Crippen molar-refractivity contribution in [1.82, 2.24) is 20.2 Å². The van der Waals surface area contributed by atoms with Gasteiger partial charge in [0.15, 0.2) is 5.82 Å². The van der Waals surface area contributed by atoms with Crippen molar-refractivity contribution in [2.24, 2.45) is 4.99 Å². The summed E-state index contributed by atoms with van der Waals surface area (Å²) < 4.78 is 0. The number of quaternary nitrogens is 1. The summed E-state index contributed by atoms with van der Waals surface area (Å²) in [5.41, 5.74) is 2.15. The van der Waals surface area contributed by atoms with Crippen LogP contribution in [0.25, 0.3) is 0 Å². The fourth-order valence-electron chi connectivity index (χ4n) is 3.02. The van der Waals surface area contributed by atoms with Gasteiger partial charge >= 0.3 is 0 Å². The molecule has 1 aliphatic carbocycles. The summed E-state index contributed by atoms with van der Waals surface area (Å²) in [4.78, 5) is 15.9. The minimum absolute atomic E-state index is 0.655. The molecule has 1 fully saturated rings. The van der Waals surface area contributed by atoms with Crippen molar-refractivity contribution in [3.05, 3.63) is 54.9 Å². The van der Waals surface area contributed by atoms with Gasteiger partial charge in [-0.25, -0.2) is 19.9 Å². The van der Waals surface area contributed by atoms with Crippen LogP contribution in [0, 0.1) is 0 Å². The standard InChI is InChI=1S/C16H16N8/c1-2-11(1)13-5-14(22-21-13)20-16-9-23(12-6-17-10-18-7-12)8-15-19-3-4-24(15)16/h3-7,9-11H,1-2,8H2,(H2,20,21,22)/p+1. The van der Waals surface area contributed by atoms with E-state index in [1.165, 1.54) is 24.9 Å². The Morgan fingerprint density at radius 1 is 1.25 bits per heavy atom. The molecule has 0 bridgehead atoms. The Hall–Kier alpha value is -3.00. The molecule has 3 N–H and O–H groups in total. The highest BCUT2D eigenvalue weighted by Crippen LogP contribution is 2.39. The lowest BCUT2D eigenvalue weighted by Gasteiger charge is -2.28. The fourth-order valence-corrected chi connectivity index (χ4v) is 3.02. The Balaban J connectivity index is 1.45. The molecule has 2 aliphatic heterocycles. The molecule has 8 heteroatoms. The summed E-state index contributed by atoms with van der Waals surface area (Å²) in [5.74, 6) is 3.50. The normalized spacial score (nSPS) is 22.2. The van der Waals surface area contributed by atoms with Crippen LogP contribution in [-0.4, -0.2) is 32.5 Å². The van der Waals surface area contributed by atoms with E-state index in [2.05, 4.69) is 47.6 Å². The molecule has 1 atom stereocenters. The first kappa shape index (κ1) is 13.4. The molecule has 8 nitrogen and oxygen atoms in total. The number of nitrogens with one attached hydrogen (secondary N) is 3. The van der Waals surface area contributed by atoms with E-state index in [4.69, 9.17) is 0 Å². The molecule has 0 saturated heterocycles. The number of aliphatic imine (C=N–C) groups is 1. The van der Waals surface area contributed by atoms with Gasteiger partial charge < -0.3 is 4.90 Å². The lowest BCUT2D eigenvalue weighted by atomic mass is 10.3. The van der Waals surface area contributed by atoms with Crippen molar-refractivity contribution in [3.8, 4) is 0 Å². The third-order valence-electron chi connectivity index (χ3n) is 4.43. The van der Waals surface area contributed by atoms with Crippen molar-refractivity contribution < 1.29 is 4.90 Å². The summed E-state index contributed by atoms with van der Waals surface area (Å²) in [6.07, 6.45) is 13.6. The zero-order valence-corrected chi connectivity index (χ0v) is 13.0. The van der Waals surface area contributed by atoms with Crippen molar-refractivity contribution in [3.63, 3.8) is 0 Å². The number of nitrogens with zero attached hydrogens (tertiary/aromatic N) is 5. The molecule has 0 radical (unpaired) electrons. The van der Waals surface area contributed by atoms with E-state index < -0.39 is 0 Å². The number of anilines is 2. The summed E-state index contributed by atoms with van der Waals surface area (Å²) in [7, 11) is 0.